The molecule has 0 radical (unpaired) electrons. The lowest BCUT2D eigenvalue weighted by atomic mass is 9.98. The standard InChI is InChI=1S/C16H21N3O2/c1-16(2,3)21-15(20)19-7-6-13(10-19)11-4-5-12-9-17-18-14(12)8-11/h4-5,8-9,13H,6-7,10H2,1-3H3,(H,17,18). The van der Waals surface area contributed by atoms with E-state index in [-0.39, 0.29) is 6.09 Å². The minimum Gasteiger partial charge on any atom is -0.444 e. The lowest BCUT2D eigenvalue weighted by Crippen LogP contribution is -2.35. The molecule has 5 nitrogen and oxygen atoms in total. The second kappa shape index (κ2) is 5.06. The normalized spacial score (nSPS) is 19.2. The minimum absolute atomic E-state index is 0.215. The van der Waals surface area contributed by atoms with E-state index in [1.54, 1.807) is 4.90 Å². The van der Waals surface area contributed by atoms with Gasteiger partial charge in [-0.15, -0.1) is 0 Å². The lowest BCUT2D eigenvalue weighted by Gasteiger charge is -2.24. The largest absolute Gasteiger partial charge is 0.444 e. The first-order valence-electron chi connectivity index (χ1n) is 7.33. The van der Waals surface area contributed by atoms with Crippen LogP contribution < -0.4 is 0 Å². The number of hydrogen-bond acceptors (Lipinski definition) is 3. The van der Waals surface area contributed by atoms with Crippen LogP contribution in [0.25, 0.3) is 10.9 Å². The molecule has 5 heteroatoms. The number of nitrogens with one attached hydrogen (secondary N) is 1. The molecule has 1 amide bonds. The first-order chi connectivity index (χ1) is 9.92. The SMILES string of the molecule is CC(C)(C)OC(=O)N1CCC(c2ccc3cn[nH]c3c2)C1. The van der Waals surface area contributed by atoms with Crippen LogP contribution in [0.15, 0.2) is 24.4 Å². The summed E-state index contributed by atoms with van der Waals surface area (Å²) in [5, 5.41) is 8.15. The van der Waals surface area contributed by atoms with Gasteiger partial charge in [-0.25, -0.2) is 4.79 Å². The van der Waals surface area contributed by atoms with Crippen molar-refractivity contribution in [3.05, 3.63) is 30.0 Å². The number of H-pyrrole nitrogens is 1. The zero-order chi connectivity index (χ0) is 15.0. The molecule has 1 saturated heterocycles. The van der Waals surface area contributed by atoms with Gasteiger partial charge in [-0.1, -0.05) is 12.1 Å². The highest BCUT2D eigenvalue weighted by atomic mass is 16.6. The molecular formula is C16H21N3O2. The van der Waals surface area contributed by atoms with Gasteiger partial charge in [0, 0.05) is 24.4 Å². The van der Waals surface area contributed by atoms with Crippen LogP contribution >= 0.6 is 0 Å². The van der Waals surface area contributed by atoms with Gasteiger partial charge in [0.2, 0.25) is 0 Å². The summed E-state index contributed by atoms with van der Waals surface area (Å²) < 4.78 is 5.43. The third-order valence-corrected chi connectivity index (χ3v) is 3.78. The smallest absolute Gasteiger partial charge is 0.410 e. The summed E-state index contributed by atoms with van der Waals surface area (Å²) in [5.74, 6) is 0.366. The van der Waals surface area contributed by atoms with E-state index in [1.165, 1.54) is 5.56 Å². The van der Waals surface area contributed by atoms with Crippen molar-refractivity contribution in [3.63, 3.8) is 0 Å². The van der Waals surface area contributed by atoms with Gasteiger partial charge < -0.3 is 9.64 Å². The molecule has 1 aromatic carbocycles. The van der Waals surface area contributed by atoms with Gasteiger partial charge in [0.15, 0.2) is 0 Å². The second-order valence-electron chi connectivity index (χ2n) is 6.63. The van der Waals surface area contributed by atoms with Gasteiger partial charge in [-0.05, 0) is 38.8 Å². The number of amides is 1. The van der Waals surface area contributed by atoms with Crippen LogP contribution in [0.5, 0.6) is 0 Å². The molecule has 2 heterocycles. The zero-order valence-electron chi connectivity index (χ0n) is 12.7. The number of rotatable bonds is 1. The summed E-state index contributed by atoms with van der Waals surface area (Å²) in [5.41, 5.74) is 1.85. The van der Waals surface area contributed by atoms with Crippen LogP contribution in [-0.2, 0) is 4.74 Å². The molecule has 3 rings (SSSR count). The highest BCUT2D eigenvalue weighted by molar-refractivity contribution is 5.78. The van der Waals surface area contributed by atoms with Gasteiger partial charge in [0.25, 0.3) is 0 Å². The van der Waals surface area contributed by atoms with Crippen molar-refractivity contribution >= 4 is 17.0 Å². The highest BCUT2D eigenvalue weighted by Gasteiger charge is 2.30. The zero-order valence-corrected chi connectivity index (χ0v) is 12.7. The number of nitrogens with zero attached hydrogens (tertiary/aromatic N) is 2. The van der Waals surface area contributed by atoms with E-state index in [9.17, 15) is 4.79 Å². The van der Waals surface area contributed by atoms with Crippen LogP contribution in [-0.4, -0.2) is 39.9 Å². The third-order valence-electron chi connectivity index (χ3n) is 3.78. The fourth-order valence-electron chi connectivity index (χ4n) is 2.73. The number of hydrogen-bond donors (Lipinski definition) is 1. The van der Waals surface area contributed by atoms with Crippen LogP contribution in [0, 0.1) is 0 Å². The monoisotopic (exact) mass is 287 g/mol. The Morgan fingerprint density at radius 1 is 1.43 bits per heavy atom. The van der Waals surface area contributed by atoms with E-state index in [2.05, 4.69) is 28.4 Å². The Morgan fingerprint density at radius 2 is 2.24 bits per heavy atom. The Morgan fingerprint density at radius 3 is 3.00 bits per heavy atom. The lowest BCUT2D eigenvalue weighted by molar-refractivity contribution is 0.0292. The van der Waals surface area contributed by atoms with Crippen molar-refractivity contribution in [1.29, 1.82) is 0 Å². The summed E-state index contributed by atoms with van der Waals surface area (Å²) in [6.07, 6.45) is 2.58. The number of fused-ring (bicyclic) bond motifs is 1. The van der Waals surface area contributed by atoms with Gasteiger partial charge in [-0.3, -0.25) is 5.10 Å². The molecule has 1 aliphatic heterocycles. The molecule has 21 heavy (non-hydrogen) atoms. The first kappa shape index (κ1) is 13.9. The number of ether oxygens (including phenoxy) is 1. The number of likely N-dealkylation sites (tertiary alicyclic amines) is 1. The summed E-state index contributed by atoms with van der Waals surface area (Å²) in [7, 11) is 0. The predicted molar refractivity (Wildman–Crippen MR) is 81.3 cm³/mol. The number of carbonyl (C=O) groups excluding carboxylic acids is 1. The van der Waals surface area contributed by atoms with E-state index in [0.29, 0.717) is 12.5 Å². The molecule has 0 bridgehead atoms. The van der Waals surface area contributed by atoms with E-state index in [4.69, 9.17) is 4.74 Å². The minimum atomic E-state index is -0.440. The molecule has 1 atom stereocenters. The summed E-state index contributed by atoms with van der Waals surface area (Å²) >= 11 is 0. The van der Waals surface area contributed by atoms with E-state index in [1.807, 2.05) is 27.0 Å². The maximum atomic E-state index is 12.1. The maximum Gasteiger partial charge on any atom is 0.410 e. The summed E-state index contributed by atoms with van der Waals surface area (Å²) in [6, 6.07) is 6.33. The number of aromatic nitrogens is 2. The molecular weight excluding hydrogens is 266 g/mol. The van der Waals surface area contributed by atoms with E-state index in [0.717, 1.165) is 23.9 Å². The quantitative estimate of drug-likeness (QED) is 0.875. The van der Waals surface area contributed by atoms with Crippen molar-refractivity contribution in [2.75, 3.05) is 13.1 Å². The van der Waals surface area contributed by atoms with Crippen molar-refractivity contribution in [2.24, 2.45) is 0 Å². The van der Waals surface area contributed by atoms with Crippen LogP contribution in [0.4, 0.5) is 4.79 Å². The molecule has 1 unspecified atom stereocenters. The molecule has 1 fully saturated rings. The Bertz CT molecular complexity index is 657. The Hall–Kier alpha value is -2.04. The topological polar surface area (TPSA) is 58.2 Å². The Labute approximate surface area is 124 Å². The molecule has 112 valence electrons. The summed E-state index contributed by atoms with van der Waals surface area (Å²) in [4.78, 5) is 13.9. The first-order valence-corrected chi connectivity index (χ1v) is 7.33. The average molecular weight is 287 g/mol. The molecule has 1 aliphatic rings. The molecule has 0 saturated carbocycles. The summed E-state index contributed by atoms with van der Waals surface area (Å²) in [6.45, 7) is 7.15. The molecule has 0 aliphatic carbocycles. The fraction of sp³-hybridized carbons (Fsp3) is 0.500. The fourth-order valence-corrected chi connectivity index (χ4v) is 2.73. The van der Waals surface area contributed by atoms with E-state index < -0.39 is 5.60 Å². The number of carbonyl (C=O) groups is 1. The average Bonchev–Trinajstić information content (AvgIpc) is 3.05. The van der Waals surface area contributed by atoms with Crippen LogP contribution in [0.3, 0.4) is 0 Å². The highest BCUT2D eigenvalue weighted by Crippen LogP contribution is 2.29. The predicted octanol–water partition coefficient (Wildman–Crippen LogP) is 3.29. The number of benzene rings is 1. The number of aromatic amines is 1. The van der Waals surface area contributed by atoms with Gasteiger partial charge >= 0.3 is 6.09 Å². The van der Waals surface area contributed by atoms with Crippen molar-refractivity contribution < 1.29 is 9.53 Å². The van der Waals surface area contributed by atoms with Gasteiger partial charge in [0.1, 0.15) is 5.60 Å². The van der Waals surface area contributed by atoms with Crippen molar-refractivity contribution in [2.45, 2.75) is 38.7 Å². The van der Waals surface area contributed by atoms with Crippen molar-refractivity contribution in [3.8, 4) is 0 Å². The van der Waals surface area contributed by atoms with Gasteiger partial charge in [0.05, 0.1) is 11.7 Å². The van der Waals surface area contributed by atoms with Crippen LogP contribution in [0.1, 0.15) is 38.7 Å². The Balaban J connectivity index is 1.70. The second-order valence-corrected chi connectivity index (χ2v) is 6.63. The molecule has 1 N–H and O–H groups in total. The molecule has 2 aromatic rings. The van der Waals surface area contributed by atoms with Crippen LogP contribution in [0.2, 0.25) is 0 Å². The third kappa shape index (κ3) is 3.01. The van der Waals surface area contributed by atoms with Crippen molar-refractivity contribution in [1.82, 2.24) is 15.1 Å². The van der Waals surface area contributed by atoms with Gasteiger partial charge in [-0.2, -0.15) is 5.10 Å². The molecule has 0 spiro atoms. The van der Waals surface area contributed by atoms with E-state index >= 15 is 0 Å². The Kier molecular flexibility index (Phi) is 3.35. The molecule has 1 aromatic heterocycles. The maximum absolute atomic E-state index is 12.1.